The van der Waals surface area contributed by atoms with E-state index in [2.05, 4.69) is 6.08 Å². The van der Waals surface area contributed by atoms with Crippen LogP contribution in [0.15, 0.2) is 42.0 Å². The molecule has 4 rings (SSSR count). The lowest BCUT2D eigenvalue weighted by Crippen LogP contribution is -2.24. The average molecular weight is 608 g/mol. The summed E-state index contributed by atoms with van der Waals surface area (Å²) in [6.45, 7) is -0.00991. The zero-order valence-electron chi connectivity index (χ0n) is 28.4. The van der Waals surface area contributed by atoms with Gasteiger partial charge in [0.05, 0.1) is 6.61 Å². The number of benzene rings is 1. The van der Waals surface area contributed by atoms with Crippen molar-refractivity contribution < 1.29 is 14.6 Å². The van der Waals surface area contributed by atoms with Crippen LogP contribution in [0.5, 0.6) is 0 Å². The SMILES string of the molecule is O=C(OC1CCCCCCCCC1)C(=CC1CCCCCCCCC1)C1CCCCCCCCC1.[O]CCc1ccccc1. The molecule has 0 saturated heterocycles. The molecule has 1 radical (unpaired) electrons. The summed E-state index contributed by atoms with van der Waals surface area (Å²) in [6.07, 6.45) is 38.5. The summed E-state index contributed by atoms with van der Waals surface area (Å²) < 4.78 is 6.40. The molecule has 44 heavy (non-hydrogen) atoms. The van der Waals surface area contributed by atoms with Gasteiger partial charge < -0.3 is 4.74 Å². The van der Waals surface area contributed by atoms with Crippen LogP contribution < -0.4 is 0 Å². The summed E-state index contributed by atoms with van der Waals surface area (Å²) in [5, 5.41) is 10.1. The summed E-state index contributed by atoms with van der Waals surface area (Å²) in [4.78, 5) is 13.9. The molecule has 3 nitrogen and oxygen atoms in total. The van der Waals surface area contributed by atoms with Gasteiger partial charge in [0.25, 0.3) is 0 Å². The minimum atomic E-state index is -0.00991. The van der Waals surface area contributed by atoms with Gasteiger partial charge in [-0.2, -0.15) is 0 Å². The molecule has 3 fully saturated rings. The second kappa shape index (κ2) is 24.6. The fraction of sp³-hybridized carbons (Fsp3) is 0.780. The van der Waals surface area contributed by atoms with Crippen LogP contribution in [0.2, 0.25) is 0 Å². The first-order valence-electron chi connectivity index (χ1n) is 19.3. The van der Waals surface area contributed by atoms with Gasteiger partial charge in [-0.1, -0.05) is 158 Å². The predicted octanol–water partition coefficient (Wildman–Crippen LogP) is 12.3. The number of esters is 1. The van der Waals surface area contributed by atoms with Crippen molar-refractivity contribution >= 4 is 5.97 Å². The quantitative estimate of drug-likeness (QED) is 0.238. The maximum absolute atomic E-state index is 13.9. The van der Waals surface area contributed by atoms with E-state index in [4.69, 9.17) is 4.74 Å². The van der Waals surface area contributed by atoms with Crippen LogP contribution >= 0.6 is 0 Å². The van der Waals surface area contributed by atoms with Crippen molar-refractivity contribution in [2.75, 3.05) is 6.61 Å². The third-order valence-corrected chi connectivity index (χ3v) is 10.4. The van der Waals surface area contributed by atoms with Gasteiger partial charge in [-0.3, -0.25) is 0 Å². The number of ether oxygens (including phenoxy) is 1. The Morgan fingerprint density at radius 2 is 0.977 bits per heavy atom. The topological polar surface area (TPSA) is 46.2 Å². The normalized spacial score (nSPS) is 22.2. The van der Waals surface area contributed by atoms with Crippen molar-refractivity contribution in [1.82, 2.24) is 0 Å². The van der Waals surface area contributed by atoms with Gasteiger partial charge in [0.1, 0.15) is 6.10 Å². The van der Waals surface area contributed by atoms with Crippen LogP contribution in [-0.2, 0) is 21.1 Å². The van der Waals surface area contributed by atoms with E-state index in [-0.39, 0.29) is 18.7 Å². The van der Waals surface area contributed by atoms with Crippen molar-refractivity contribution in [2.45, 2.75) is 186 Å². The Labute approximate surface area is 272 Å². The maximum Gasteiger partial charge on any atom is 0.334 e. The van der Waals surface area contributed by atoms with E-state index in [0.717, 1.165) is 24.0 Å². The number of allylic oxidation sites excluding steroid dienone is 1. The highest BCUT2D eigenvalue weighted by Gasteiger charge is 2.26. The van der Waals surface area contributed by atoms with Crippen LogP contribution in [0.1, 0.15) is 179 Å². The molecular formula is C41H67O3. The smallest absolute Gasteiger partial charge is 0.334 e. The van der Waals surface area contributed by atoms with Crippen molar-refractivity contribution in [3.05, 3.63) is 47.5 Å². The number of carbonyl (C=O) groups is 1. The van der Waals surface area contributed by atoms with Crippen LogP contribution in [0.25, 0.3) is 0 Å². The molecule has 249 valence electrons. The van der Waals surface area contributed by atoms with Crippen LogP contribution in [0.4, 0.5) is 0 Å². The third kappa shape index (κ3) is 16.6. The second-order valence-electron chi connectivity index (χ2n) is 14.2. The summed E-state index contributed by atoms with van der Waals surface area (Å²) in [7, 11) is 0. The first-order valence-corrected chi connectivity index (χ1v) is 19.3. The highest BCUT2D eigenvalue weighted by molar-refractivity contribution is 5.89. The van der Waals surface area contributed by atoms with E-state index in [1.165, 1.54) is 161 Å². The molecule has 3 saturated carbocycles. The van der Waals surface area contributed by atoms with Crippen molar-refractivity contribution in [1.29, 1.82) is 0 Å². The van der Waals surface area contributed by atoms with Gasteiger partial charge in [-0.15, -0.1) is 0 Å². The predicted molar refractivity (Wildman–Crippen MR) is 185 cm³/mol. The molecule has 3 aliphatic carbocycles. The molecule has 0 aromatic heterocycles. The Hall–Kier alpha value is -1.61. The molecule has 1 aromatic carbocycles. The lowest BCUT2D eigenvalue weighted by Gasteiger charge is -2.26. The summed E-state index contributed by atoms with van der Waals surface area (Å²) in [5.74, 6) is 1.08. The highest BCUT2D eigenvalue weighted by atomic mass is 16.5. The van der Waals surface area contributed by atoms with Crippen LogP contribution in [0.3, 0.4) is 0 Å². The molecule has 3 aliphatic rings. The molecule has 0 unspecified atom stereocenters. The van der Waals surface area contributed by atoms with Crippen LogP contribution in [0, 0.1) is 11.8 Å². The first-order chi connectivity index (χ1) is 21.8. The van der Waals surface area contributed by atoms with E-state index in [0.29, 0.717) is 18.3 Å². The van der Waals surface area contributed by atoms with Gasteiger partial charge in [0.15, 0.2) is 0 Å². The van der Waals surface area contributed by atoms with Crippen molar-refractivity contribution in [2.24, 2.45) is 11.8 Å². The van der Waals surface area contributed by atoms with Gasteiger partial charge in [-0.05, 0) is 75.2 Å². The number of rotatable bonds is 6. The summed E-state index contributed by atoms with van der Waals surface area (Å²) in [5.41, 5.74) is 2.23. The lowest BCUT2D eigenvalue weighted by molar-refractivity contribution is -0.146. The number of hydrogen-bond acceptors (Lipinski definition) is 2. The minimum absolute atomic E-state index is 0.00991. The molecule has 0 bridgehead atoms. The number of carbonyl (C=O) groups excluding carboxylic acids is 1. The van der Waals surface area contributed by atoms with Gasteiger partial charge in [-0.25, -0.2) is 9.90 Å². The lowest BCUT2D eigenvalue weighted by atomic mass is 9.83. The first kappa shape index (κ1) is 36.9. The van der Waals surface area contributed by atoms with E-state index < -0.39 is 0 Å². The van der Waals surface area contributed by atoms with Gasteiger partial charge >= 0.3 is 5.97 Å². The Balaban J connectivity index is 0.000000502. The van der Waals surface area contributed by atoms with Crippen LogP contribution in [-0.4, -0.2) is 18.7 Å². The Bertz CT molecular complexity index is 832. The molecule has 0 heterocycles. The van der Waals surface area contributed by atoms with E-state index >= 15 is 0 Å². The maximum atomic E-state index is 13.9. The molecular weight excluding hydrogens is 540 g/mol. The summed E-state index contributed by atoms with van der Waals surface area (Å²) >= 11 is 0. The van der Waals surface area contributed by atoms with E-state index in [1.54, 1.807) is 0 Å². The number of hydrogen-bond donors (Lipinski definition) is 0. The zero-order chi connectivity index (χ0) is 30.9. The molecule has 1 aromatic rings. The standard InChI is InChI=1S/C33H58O2.C8H9O/c34-33(35-31-26-20-14-8-3-9-15-21-27-31)32(30-24-18-12-6-2-7-13-19-25-30)28-29-22-16-10-4-1-5-11-17-23-29;9-7-6-8-4-2-1-3-5-8/h28-31H,1-27H2;1-5H,6-7H2. The molecule has 3 heteroatoms. The Kier molecular flexibility index (Phi) is 20.6. The molecule has 0 spiro atoms. The second-order valence-corrected chi connectivity index (χ2v) is 14.2. The monoisotopic (exact) mass is 608 g/mol. The average Bonchev–Trinajstić information content (AvgIpc) is 3.05. The zero-order valence-corrected chi connectivity index (χ0v) is 28.4. The Morgan fingerprint density at radius 3 is 1.43 bits per heavy atom. The molecule has 0 atom stereocenters. The van der Waals surface area contributed by atoms with E-state index in [9.17, 15) is 9.90 Å². The highest BCUT2D eigenvalue weighted by Crippen LogP contribution is 2.32. The van der Waals surface area contributed by atoms with Gasteiger partial charge in [0.2, 0.25) is 0 Å². The third-order valence-electron chi connectivity index (χ3n) is 10.4. The van der Waals surface area contributed by atoms with Crippen molar-refractivity contribution in [3.63, 3.8) is 0 Å². The minimum Gasteiger partial charge on any atom is -0.459 e. The largest absolute Gasteiger partial charge is 0.459 e. The van der Waals surface area contributed by atoms with Gasteiger partial charge in [0, 0.05) is 5.57 Å². The molecule has 0 amide bonds. The fourth-order valence-electron chi connectivity index (χ4n) is 7.63. The van der Waals surface area contributed by atoms with E-state index in [1.807, 2.05) is 30.3 Å². The van der Waals surface area contributed by atoms with Crippen molar-refractivity contribution in [3.8, 4) is 0 Å². The summed E-state index contributed by atoms with van der Waals surface area (Å²) in [6, 6.07) is 9.79. The Morgan fingerprint density at radius 1 is 0.568 bits per heavy atom. The molecule has 0 N–H and O–H groups in total. The fourth-order valence-corrected chi connectivity index (χ4v) is 7.63. The molecule has 0 aliphatic heterocycles.